The van der Waals surface area contributed by atoms with Crippen LogP contribution in [-0.4, -0.2) is 50.4 Å². The van der Waals surface area contributed by atoms with Crippen LogP contribution in [0.2, 0.25) is 0 Å². The maximum Gasteiger partial charge on any atom is 0.264 e. The minimum Gasteiger partial charge on any atom is -0.492 e. The van der Waals surface area contributed by atoms with Gasteiger partial charge in [-0.2, -0.15) is 0 Å². The standard InChI is InChI=1S/C32H39N3O5S/c1-4-40-30-21-13-12-20-29(30)35(41(38,39)28-18-6-5-7-19-28)23-31(36)34(22-26-15-9-8-14-24(26)2)25(3)32(37)33-27-16-10-11-17-27/h5-9,12-15,18-21,25,27H,4,10-11,16-17,22-23H2,1-3H3,(H,33,37)/t25-/m0/s1. The molecule has 3 aromatic carbocycles. The average molecular weight is 578 g/mol. The van der Waals surface area contributed by atoms with Crippen molar-refractivity contribution >= 4 is 27.5 Å². The fourth-order valence-electron chi connectivity index (χ4n) is 5.12. The highest BCUT2D eigenvalue weighted by atomic mass is 32.2. The van der Waals surface area contributed by atoms with Crippen molar-refractivity contribution in [2.24, 2.45) is 0 Å². The Labute approximate surface area is 243 Å². The number of nitrogens with zero attached hydrogens (tertiary/aromatic N) is 2. The van der Waals surface area contributed by atoms with E-state index in [9.17, 15) is 18.0 Å². The summed E-state index contributed by atoms with van der Waals surface area (Å²) in [7, 11) is -4.16. The molecule has 9 heteroatoms. The normalized spacial score (nSPS) is 14.3. The van der Waals surface area contributed by atoms with Gasteiger partial charge in [0.05, 0.1) is 17.2 Å². The molecule has 0 unspecified atom stereocenters. The third-order valence-corrected chi connectivity index (χ3v) is 9.29. The van der Waals surface area contributed by atoms with Crippen molar-refractivity contribution in [1.29, 1.82) is 0 Å². The number of benzene rings is 3. The van der Waals surface area contributed by atoms with E-state index < -0.39 is 28.5 Å². The van der Waals surface area contributed by atoms with Gasteiger partial charge < -0.3 is 15.0 Å². The summed E-state index contributed by atoms with van der Waals surface area (Å²) in [4.78, 5) is 29.1. The Morgan fingerprint density at radius 3 is 2.27 bits per heavy atom. The first-order valence-electron chi connectivity index (χ1n) is 14.2. The molecular formula is C32H39N3O5S. The molecule has 0 bridgehead atoms. The molecule has 2 amide bonds. The summed E-state index contributed by atoms with van der Waals surface area (Å²) in [6, 6.07) is 21.7. The zero-order valence-corrected chi connectivity index (χ0v) is 24.8. The maximum absolute atomic E-state index is 14.2. The highest BCUT2D eigenvalue weighted by molar-refractivity contribution is 7.92. The Morgan fingerprint density at radius 1 is 0.951 bits per heavy atom. The number of carbonyl (C=O) groups is 2. The van der Waals surface area contributed by atoms with Crippen LogP contribution in [0.15, 0.2) is 83.8 Å². The maximum atomic E-state index is 14.2. The monoisotopic (exact) mass is 577 g/mol. The molecule has 1 aliphatic rings. The lowest BCUT2D eigenvalue weighted by Gasteiger charge is -2.33. The summed E-state index contributed by atoms with van der Waals surface area (Å²) in [5.74, 6) is -0.390. The van der Waals surface area contributed by atoms with Crippen LogP contribution in [-0.2, 0) is 26.2 Å². The van der Waals surface area contributed by atoms with Crippen LogP contribution in [0.5, 0.6) is 5.75 Å². The molecule has 8 nitrogen and oxygen atoms in total. The highest BCUT2D eigenvalue weighted by Crippen LogP contribution is 2.33. The van der Waals surface area contributed by atoms with Crippen molar-refractivity contribution in [3.8, 4) is 5.75 Å². The van der Waals surface area contributed by atoms with Gasteiger partial charge in [-0.15, -0.1) is 0 Å². The molecule has 1 fully saturated rings. The fraction of sp³-hybridized carbons (Fsp3) is 0.375. The van der Waals surface area contributed by atoms with E-state index in [0.29, 0.717) is 12.4 Å². The van der Waals surface area contributed by atoms with Gasteiger partial charge in [0.2, 0.25) is 11.8 Å². The summed E-state index contributed by atoms with van der Waals surface area (Å²) >= 11 is 0. The molecule has 3 aromatic rings. The zero-order chi connectivity index (χ0) is 29.4. The molecule has 0 aliphatic heterocycles. The highest BCUT2D eigenvalue weighted by Gasteiger charge is 2.34. The summed E-state index contributed by atoms with van der Waals surface area (Å²) < 4.78 is 34.9. The zero-order valence-electron chi connectivity index (χ0n) is 24.0. The van der Waals surface area contributed by atoms with Gasteiger partial charge in [-0.25, -0.2) is 8.42 Å². The molecule has 41 heavy (non-hydrogen) atoms. The number of hydrogen-bond acceptors (Lipinski definition) is 5. The van der Waals surface area contributed by atoms with Gasteiger partial charge in [0.15, 0.2) is 0 Å². The Bertz CT molecular complexity index is 1440. The number of aryl methyl sites for hydroxylation is 1. The quantitative estimate of drug-likeness (QED) is 0.325. The molecule has 0 aromatic heterocycles. The van der Waals surface area contributed by atoms with E-state index in [0.717, 1.165) is 41.1 Å². The number of anilines is 1. The fourth-order valence-corrected chi connectivity index (χ4v) is 6.57. The van der Waals surface area contributed by atoms with Crippen LogP contribution in [0.4, 0.5) is 5.69 Å². The molecule has 0 spiro atoms. The minimum atomic E-state index is -4.16. The van der Waals surface area contributed by atoms with E-state index >= 15 is 0 Å². The lowest BCUT2D eigenvalue weighted by molar-refractivity contribution is -0.139. The summed E-state index contributed by atoms with van der Waals surface area (Å²) in [5, 5.41) is 3.10. The van der Waals surface area contributed by atoms with Crippen LogP contribution in [0.1, 0.15) is 50.7 Å². The number of amides is 2. The average Bonchev–Trinajstić information content (AvgIpc) is 3.49. The van der Waals surface area contributed by atoms with E-state index in [1.807, 2.05) is 38.1 Å². The number of nitrogens with one attached hydrogen (secondary N) is 1. The second kappa shape index (κ2) is 13.7. The second-order valence-electron chi connectivity index (χ2n) is 10.3. The number of para-hydroxylation sites is 2. The van der Waals surface area contributed by atoms with E-state index in [2.05, 4.69) is 5.32 Å². The van der Waals surface area contributed by atoms with E-state index in [1.165, 1.54) is 17.0 Å². The van der Waals surface area contributed by atoms with Gasteiger partial charge in [0.25, 0.3) is 10.0 Å². The first-order chi connectivity index (χ1) is 19.7. The first kappa shape index (κ1) is 30.1. The van der Waals surface area contributed by atoms with Crippen LogP contribution >= 0.6 is 0 Å². The molecule has 0 heterocycles. The van der Waals surface area contributed by atoms with Crippen molar-refractivity contribution in [3.05, 3.63) is 90.0 Å². The Balaban J connectivity index is 1.72. The van der Waals surface area contributed by atoms with Crippen molar-refractivity contribution in [1.82, 2.24) is 10.2 Å². The lowest BCUT2D eigenvalue weighted by Crippen LogP contribution is -2.52. The third kappa shape index (κ3) is 7.27. The Morgan fingerprint density at radius 2 is 1.59 bits per heavy atom. The minimum absolute atomic E-state index is 0.0524. The van der Waals surface area contributed by atoms with Crippen LogP contribution in [0.25, 0.3) is 0 Å². The number of hydrogen-bond donors (Lipinski definition) is 1. The van der Waals surface area contributed by atoms with Gasteiger partial charge in [0.1, 0.15) is 18.3 Å². The second-order valence-corrected chi connectivity index (χ2v) is 12.2. The predicted molar refractivity (Wildman–Crippen MR) is 160 cm³/mol. The van der Waals surface area contributed by atoms with Crippen molar-refractivity contribution in [2.45, 2.75) is 70.0 Å². The lowest BCUT2D eigenvalue weighted by atomic mass is 10.1. The predicted octanol–water partition coefficient (Wildman–Crippen LogP) is 5.07. The molecule has 1 aliphatic carbocycles. The van der Waals surface area contributed by atoms with Crippen molar-refractivity contribution < 1.29 is 22.7 Å². The van der Waals surface area contributed by atoms with Gasteiger partial charge in [0, 0.05) is 12.6 Å². The Hall–Kier alpha value is -3.85. The molecular weight excluding hydrogens is 538 g/mol. The molecule has 0 radical (unpaired) electrons. The summed E-state index contributed by atoms with van der Waals surface area (Å²) in [6.07, 6.45) is 3.97. The van der Waals surface area contributed by atoms with Crippen molar-refractivity contribution in [2.75, 3.05) is 17.5 Å². The molecule has 4 rings (SSSR count). The van der Waals surface area contributed by atoms with Gasteiger partial charge in [-0.1, -0.05) is 67.4 Å². The van der Waals surface area contributed by atoms with E-state index in [-0.39, 0.29) is 29.1 Å². The number of sulfonamides is 1. The SMILES string of the molecule is CCOc1ccccc1N(CC(=O)N(Cc1ccccc1C)[C@@H](C)C(=O)NC1CCCC1)S(=O)(=O)c1ccccc1. The number of ether oxygens (including phenoxy) is 1. The molecule has 1 N–H and O–H groups in total. The van der Waals surface area contributed by atoms with Gasteiger partial charge in [-0.05, 0) is 69.0 Å². The van der Waals surface area contributed by atoms with E-state index in [4.69, 9.17) is 4.74 Å². The van der Waals surface area contributed by atoms with Gasteiger partial charge in [-0.3, -0.25) is 13.9 Å². The third-order valence-electron chi connectivity index (χ3n) is 7.51. The largest absolute Gasteiger partial charge is 0.492 e. The van der Waals surface area contributed by atoms with Gasteiger partial charge >= 0.3 is 0 Å². The summed E-state index contributed by atoms with van der Waals surface area (Å²) in [6.45, 7) is 5.44. The van der Waals surface area contributed by atoms with Crippen LogP contribution < -0.4 is 14.4 Å². The molecule has 218 valence electrons. The number of rotatable bonds is 12. The number of carbonyl (C=O) groups excluding carboxylic acids is 2. The topological polar surface area (TPSA) is 96.0 Å². The molecule has 1 atom stereocenters. The Kier molecular flexibility index (Phi) is 10.0. The summed E-state index contributed by atoms with van der Waals surface area (Å²) in [5.41, 5.74) is 2.11. The first-order valence-corrected chi connectivity index (χ1v) is 15.6. The molecule has 0 saturated heterocycles. The molecule has 1 saturated carbocycles. The van der Waals surface area contributed by atoms with E-state index in [1.54, 1.807) is 49.4 Å². The van der Waals surface area contributed by atoms with Crippen LogP contribution in [0.3, 0.4) is 0 Å². The van der Waals surface area contributed by atoms with Crippen molar-refractivity contribution in [3.63, 3.8) is 0 Å². The smallest absolute Gasteiger partial charge is 0.264 e. The van der Waals surface area contributed by atoms with Crippen LogP contribution in [0, 0.1) is 6.92 Å².